The van der Waals surface area contributed by atoms with E-state index in [1.807, 2.05) is 23.7 Å². The van der Waals surface area contributed by atoms with E-state index in [4.69, 9.17) is 16.3 Å². The number of hydrogen-bond donors (Lipinski definition) is 0. The highest BCUT2D eigenvalue weighted by molar-refractivity contribution is 7.98. The summed E-state index contributed by atoms with van der Waals surface area (Å²) in [6, 6.07) is 14.3. The van der Waals surface area contributed by atoms with Crippen LogP contribution in [0.15, 0.2) is 58.9 Å². The zero-order chi connectivity index (χ0) is 20.5. The number of thiazole rings is 1. The largest absolute Gasteiger partial charge is 0.493 e. The molecule has 0 aliphatic carbocycles. The lowest BCUT2D eigenvalue weighted by atomic mass is 10.2. The van der Waals surface area contributed by atoms with Gasteiger partial charge in [-0.25, -0.2) is 4.98 Å². The summed E-state index contributed by atoms with van der Waals surface area (Å²) in [5.41, 5.74) is 2.35. The quantitative estimate of drug-likeness (QED) is 0.237. The minimum atomic E-state index is 0.709. The van der Waals surface area contributed by atoms with E-state index in [0.717, 1.165) is 53.2 Å². The summed E-state index contributed by atoms with van der Waals surface area (Å²) in [7, 11) is 0. The van der Waals surface area contributed by atoms with Crippen LogP contribution in [0.3, 0.4) is 0 Å². The molecule has 3 nitrogen and oxygen atoms in total. The third-order valence-electron chi connectivity index (χ3n) is 4.71. The van der Waals surface area contributed by atoms with Gasteiger partial charge in [0.05, 0.1) is 12.2 Å². The number of ether oxygens (including phenoxy) is 1. The standard InChI is InChI=1S/C23H27ClN2OS2/c1-3-26(4-2)14-6-15-27-20-7-5-8-21(22(20)23-25-13-16-28-23)29-17-18-9-11-19(24)12-10-18/h5,7-13,16H,3-4,6,14-15,17H2,1-2H3. The third-order valence-corrected chi connectivity index (χ3v) is 6.88. The second-order valence-corrected chi connectivity index (χ2v) is 8.96. The topological polar surface area (TPSA) is 25.4 Å². The SMILES string of the molecule is CCN(CC)CCCOc1cccc(SCc2ccc(Cl)cc2)c1-c1nccs1. The number of hydrogen-bond acceptors (Lipinski definition) is 5. The van der Waals surface area contributed by atoms with Gasteiger partial charge in [0.15, 0.2) is 0 Å². The van der Waals surface area contributed by atoms with Gasteiger partial charge in [0.25, 0.3) is 0 Å². The Labute approximate surface area is 187 Å². The van der Waals surface area contributed by atoms with E-state index >= 15 is 0 Å². The van der Waals surface area contributed by atoms with Gasteiger partial charge < -0.3 is 9.64 Å². The Morgan fingerprint density at radius 2 is 1.90 bits per heavy atom. The first-order valence-electron chi connectivity index (χ1n) is 9.96. The molecule has 0 bridgehead atoms. The van der Waals surface area contributed by atoms with E-state index in [0.29, 0.717) is 6.61 Å². The molecule has 154 valence electrons. The van der Waals surface area contributed by atoms with Crippen molar-refractivity contribution < 1.29 is 4.74 Å². The molecule has 0 N–H and O–H groups in total. The van der Waals surface area contributed by atoms with Crippen molar-refractivity contribution in [3.05, 3.63) is 64.6 Å². The van der Waals surface area contributed by atoms with Gasteiger partial charge in [-0.15, -0.1) is 23.1 Å². The Hall–Kier alpha value is -1.53. The molecule has 0 fully saturated rings. The molecule has 0 spiro atoms. The summed E-state index contributed by atoms with van der Waals surface area (Å²) in [5.74, 6) is 1.79. The summed E-state index contributed by atoms with van der Waals surface area (Å²) in [6.45, 7) is 8.33. The van der Waals surface area contributed by atoms with Gasteiger partial charge in [0.1, 0.15) is 10.8 Å². The lowest BCUT2D eigenvalue weighted by Crippen LogP contribution is -2.25. The zero-order valence-electron chi connectivity index (χ0n) is 16.9. The van der Waals surface area contributed by atoms with Crippen LogP contribution in [-0.4, -0.2) is 36.1 Å². The maximum absolute atomic E-state index is 6.22. The molecule has 2 aromatic carbocycles. The number of aromatic nitrogens is 1. The van der Waals surface area contributed by atoms with Gasteiger partial charge in [-0.1, -0.05) is 43.6 Å². The van der Waals surface area contributed by atoms with E-state index in [-0.39, 0.29) is 0 Å². The van der Waals surface area contributed by atoms with Crippen molar-refractivity contribution in [1.82, 2.24) is 9.88 Å². The van der Waals surface area contributed by atoms with Crippen molar-refractivity contribution >= 4 is 34.7 Å². The Balaban J connectivity index is 1.72. The van der Waals surface area contributed by atoms with Crippen molar-refractivity contribution in [3.63, 3.8) is 0 Å². The van der Waals surface area contributed by atoms with Crippen LogP contribution in [0, 0.1) is 0 Å². The fraction of sp³-hybridized carbons (Fsp3) is 0.348. The van der Waals surface area contributed by atoms with Crippen molar-refractivity contribution in [2.24, 2.45) is 0 Å². The summed E-state index contributed by atoms with van der Waals surface area (Å²) < 4.78 is 6.22. The minimum absolute atomic E-state index is 0.709. The van der Waals surface area contributed by atoms with Crippen molar-refractivity contribution in [2.45, 2.75) is 30.9 Å². The molecule has 0 amide bonds. The first-order chi connectivity index (χ1) is 14.2. The third kappa shape index (κ3) is 6.48. The molecule has 29 heavy (non-hydrogen) atoms. The molecule has 0 aliphatic heterocycles. The van der Waals surface area contributed by atoms with Gasteiger partial charge in [0.2, 0.25) is 0 Å². The van der Waals surface area contributed by atoms with Gasteiger partial charge >= 0.3 is 0 Å². The average Bonchev–Trinajstić information content (AvgIpc) is 3.28. The van der Waals surface area contributed by atoms with Crippen LogP contribution in [0.1, 0.15) is 25.8 Å². The Kier molecular flexibility index (Phi) is 8.87. The van der Waals surface area contributed by atoms with E-state index < -0.39 is 0 Å². The summed E-state index contributed by atoms with van der Waals surface area (Å²) in [6.07, 6.45) is 2.87. The number of benzene rings is 2. The van der Waals surface area contributed by atoms with E-state index in [1.165, 1.54) is 10.5 Å². The molecule has 0 aliphatic rings. The summed E-state index contributed by atoms with van der Waals surface area (Å²) in [5, 5.41) is 3.78. The lowest BCUT2D eigenvalue weighted by molar-refractivity contribution is 0.249. The van der Waals surface area contributed by atoms with Crippen LogP contribution in [0.2, 0.25) is 5.02 Å². The lowest BCUT2D eigenvalue weighted by Gasteiger charge is -2.18. The summed E-state index contributed by atoms with van der Waals surface area (Å²) >= 11 is 9.46. The molecule has 0 radical (unpaired) electrons. The number of halogens is 1. The zero-order valence-corrected chi connectivity index (χ0v) is 19.3. The van der Waals surface area contributed by atoms with Gasteiger partial charge in [-0.2, -0.15) is 0 Å². The number of rotatable bonds is 11. The highest BCUT2D eigenvalue weighted by Crippen LogP contribution is 2.40. The molecule has 0 saturated carbocycles. The number of nitrogens with zero attached hydrogens (tertiary/aromatic N) is 2. The Bertz CT molecular complexity index is 865. The molecule has 1 heterocycles. The van der Waals surface area contributed by atoms with Crippen LogP contribution in [0.5, 0.6) is 5.75 Å². The highest BCUT2D eigenvalue weighted by Gasteiger charge is 2.15. The van der Waals surface area contributed by atoms with Crippen LogP contribution in [-0.2, 0) is 5.75 Å². The molecule has 0 atom stereocenters. The fourth-order valence-electron chi connectivity index (χ4n) is 3.06. The maximum atomic E-state index is 6.22. The smallest absolute Gasteiger partial charge is 0.130 e. The van der Waals surface area contributed by atoms with E-state index in [2.05, 4.69) is 54.1 Å². The highest BCUT2D eigenvalue weighted by atomic mass is 35.5. The van der Waals surface area contributed by atoms with Crippen LogP contribution < -0.4 is 4.74 Å². The summed E-state index contributed by atoms with van der Waals surface area (Å²) in [4.78, 5) is 8.17. The first-order valence-corrected chi connectivity index (χ1v) is 12.2. The van der Waals surface area contributed by atoms with Crippen LogP contribution in [0.4, 0.5) is 0 Å². The fourth-order valence-corrected chi connectivity index (χ4v) is 4.98. The predicted molar refractivity (Wildman–Crippen MR) is 126 cm³/mol. The van der Waals surface area contributed by atoms with Crippen molar-refractivity contribution in [2.75, 3.05) is 26.2 Å². The van der Waals surface area contributed by atoms with Gasteiger partial charge in [-0.05, 0) is 49.3 Å². The second kappa shape index (κ2) is 11.6. The van der Waals surface area contributed by atoms with Gasteiger partial charge in [0, 0.05) is 33.8 Å². The van der Waals surface area contributed by atoms with Crippen molar-refractivity contribution in [3.8, 4) is 16.3 Å². The number of thioether (sulfide) groups is 1. The molecular weight excluding hydrogens is 420 g/mol. The van der Waals surface area contributed by atoms with Crippen molar-refractivity contribution in [1.29, 1.82) is 0 Å². The molecule has 3 aromatic rings. The van der Waals surface area contributed by atoms with E-state index in [9.17, 15) is 0 Å². The minimum Gasteiger partial charge on any atom is -0.493 e. The Morgan fingerprint density at radius 3 is 2.59 bits per heavy atom. The molecule has 0 saturated heterocycles. The predicted octanol–water partition coefficient (Wildman–Crippen LogP) is 6.87. The molecule has 1 aromatic heterocycles. The molecule has 3 rings (SSSR count). The second-order valence-electron chi connectivity index (χ2n) is 6.61. The molecular formula is C23H27ClN2OS2. The monoisotopic (exact) mass is 446 g/mol. The maximum Gasteiger partial charge on any atom is 0.130 e. The normalized spacial score (nSPS) is 11.2. The van der Waals surface area contributed by atoms with Crippen LogP contribution >= 0.6 is 34.7 Å². The first kappa shape index (κ1) is 22.2. The van der Waals surface area contributed by atoms with E-state index in [1.54, 1.807) is 23.1 Å². The van der Waals surface area contributed by atoms with Gasteiger partial charge in [-0.3, -0.25) is 0 Å². The molecule has 0 unspecified atom stereocenters. The Morgan fingerprint density at radius 1 is 1.10 bits per heavy atom. The van der Waals surface area contributed by atoms with Crippen LogP contribution in [0.25, 0.3) is 10.6 Å². The average molecular weight is 447 g/mol. The molecule has 6 heteroatoms.